The van der Waals surface area contributed by atoms with Gasteiger partial charge in [-0.1, -0.05) is 18.2 Å². The molecule has 2 heterocycles. The number of morpholine rings is 1. The van der Waals surface area contributed by atoms with Crippen molar-refractivity contribution in [1.82, 2.24) is 4.90 Å². The fourth-order valence-corrected chi connectivity index (χ4v) is 4.84. The van der Waals surface area contributed by atoms with E-state index < -0.39 is 5.91 Å². The van der Waals surface area contributed by atoms with E-state index in [-0.39, 0.29) is 5.57 Å². The highest BCUT2D eigenvalue weighted by Gasteiger charge is 2.13. The van der Waals surface area contributed by atoms with E-state index in [0.717, 1.165) is 60.4 Å². The van der Waals surface area contributed by atoms with Crippen molar-refractivity contribution in [3.8, 4) is 16.5 Å². The third-order valence-electron chi connectivity index (χ3n) is 5.69. The minimum Gasteiger partial charge on any atom is -0.384 e. The summed E-state index contributed by atoms with van der Waals surface area (Å²) in [5, 5.41) is 15.1. The molecule has 0 unspecified atom stereocenters. The molecule has 1 fully saturated rings. The average molecular weight is 447 g/mol. The topological polar surface area (TPSA) is 91.4 Å². The van der Waals surface area contributed by atoms with Crippen LogP contribution in [0.1, 0.15) is 11.8 Å². The fraction of sp³-hybridized carbons (Fsp3) is 0.280. The first-order chi connectivity index (χ1) is 15.5. The summed E-state index contributed by atoms with van der Waals surface area (Å²) in [6.07, 6.45) is 0. The second-order valence-corrected chi connectivity index (χ2v) is 8.88. The number of carbonyl (C=O) groups excluding carboxylic acids is 1. The van der Waals surface area contributed by atoms with Gasteiger partial charge in [0.15, 0.2) is 0 Å². The van der Waals surface area contributed by atoms with Crippen molar-refractivity contribution in [3.63, 3.8) is 0 Å². The van der Waals surface area contributed by atoms with E-state index in [1.54, 1.807) is 18.3 Å². The van der Waals surface area contributed by atoms with Crippen LogP contribution in [0.15, 0.2) is 54.1 Å². The van der Waals surface area contributed by atoms with Gasteiger partial charge in [-0.15, -0.1) is 11.3 Å². The van der Waals surface area contributed by atoms with Crippen LogP contribution >= 0.6 is 11.3 Å². The summed E-state index contributed by atoms with van der Waals surface area (Å²) < 4.78 is 5.40. The van der Waals surface area contributed by atoms with Crippen LogP contribution in [-0.4, -0.2) is 50.2 Å². The molecule has 4 rings (SSSR count). The standard InChI is InChI=1S/C25H26N4O2S/c1-17(22(16-26)25(27)30)23-6-7-24(32-23)20-3-2-19-15-21(5-4-18(19)14-20)28-8-9-29-10-12-31-13-11-29/h2-7,14-15,28H,8-13H2,1H3,(H2,27,30)/b22-17+. The van der Waals surface area contributed by atoms with E-state index in [9.17, 15) is 10.1 Å². The molecule has 0 radical (unpaired) electrons. The molecule has 0 atom stereocenters. The Balaban J connectivity index is 1.47. The van der Waals surface area contributed by atoms with Crippen LogP contribution in [0, 0.1) is 11.3 Å². The first kappa shape index (κ1) is 22.0. The van der Waals surface area contributed by atoms with Crippen molar-refractivity contribution < 1.29 is 9.53 Å². The van der Waals surface area contributed by atoms with Gasteiger partial charge >= 0.3 is 0 Å². The Hall–Kier alpha value is -3.18. The van der Waals surface area contributed by atoms with Crippen LogP contribution in [0.5, 0.6) is 0 Å². The molecule has 7 heteroatoms. The molecule has 3 N–H and O–H groups in total. The lowest BCUT2D eigenvalue weighted by molar-refractivity contribution is -0.114. The zero-order valence-corrected chi connectivity index (χ0v) is 18.9. The molecule has 32 heavy (non-hydrogen) atoms. The van der Waals surface area contributed by atoms with Crippen LogP contribution in [0.3, 0.4) is 0 Å². The maximum Gasteiger partial charge on any atom is 0.259 e. The molecule has 0 spiro atoms. The third-order valence-corrected chi connectivity index (χ3v) is 6.95. The first-order valence-electron chi connectivity index (χ1n) is 10.6. The van der Waals surface area contributed by atoms with Crippen LogP contribution in [0.2, 0.25) is 0 Å². The van der Waals surface area contributed by atoms with E-state index >= 15 is 0 Å². The predicted octanol–water partition coefficient (Wildman–Crippen LogP) is 4.09. The predicted molar refractivity (Wildman–Crippen MR) is 130 cm³/mol. The minimum atomic E-state index is -0.694. The van der Waals surface area contributed by atoms with Gasteiger partial charge in [-0.3, -0.25) is 9.69 Å². The van der Waals surface area contributed by atoms with E-state index in [1.165, 1.54) is 10.8 Å². The largest absolute Gasteiger partial charge is 0.384 e. The van der Waals surface area contributed by atoms with Gasteiger partial charge in [0.05, 0.1) is 13.2 Å². The first-order valence-corrected chi connectivity index (χ1v) is 11.5. The number of benzene rings is 2. The molecule has 0 saturated carbocycles. The third kappa shape index (κ3) is 5.00. The summed E-state index contributed by atoms with van der Waals surface area (Å²) in [6.45, 7) is 7.33. The molecule has 1 aliphatic rings. The van der Waals surface area contributed by atoms with Gasteiger partial charge in [-0.25, -0.2) is 0 Å². The summed E-state index contributed by atoms with van der Waals surface area (Å²) in [5.74, 6) is -0.694. The van der Waals surface area contributed by atoms with Gasteiger partial charge in [0, 0.05) is 41.6 Å². The molecule has 164 valence electrons. The number of allylic oxidation sites excluding steroid dienone is 1. The maximum atomic E-state index is 11.5. The molecular weight excluding hydrogens is 420 g/mol. The molecule has 1 aliphatic heterocycles. The van der Waals surface area contributed by atoms with Gasteiger partial charge in [0.25, 0.3) is 5.91 Å². The van der Waals surface area contributed by atoms with Crippen LogP contribution in [0.25, 0.3) is 26.8 Å². The molecule has 3 aromatic rings. The lowest BCUT2D eigenvalue weighted by Crippen LogP contribution is -2.38. The number of primary amides is 1. The lowest BCUT2D eigenvalue weighted by atomic mass is 10.1. The Labute approximate surface area is 191 Å². The van der Waals surface area contributed by atoms with E-state index in [0.29, 0.717) is 5.57 Å². The summed E-state index contributed by atoms with van der Waals surface area (Å²) in [5.41, 5.74) is 8.16. The second kappa shape index (κ2) is 9.96. The highest BCUT2D eigenvalue weighted by atomic mass is 32.1. The Morgan fingerprint density at radius 1 is 1.16 bits per heavy atom. The summed E-state index contributed by atoms with van der Waals surface area (Å²) >= 11 is 1.55. The summed E-state index contributed by atoms with van der Waals surface area (Å²) in [7, 11) is 0. The van der Waals surface area contributed by atoms with Gasteiger partial charge in [0.2, 0.25) is 0 Å². The number of nitrogens with two attached hydrogens (primary N) is 1. The summed E-state index contributed by atoms with van der Waals surface area (Å²) in [4.78, 5) is 15.8. The summed E-state index contributed by atoms with van der Waals surface area (Å²) in [6, 6.07) is 18.7. The molecule has 1 amide bonds. The quantitative estimate of drug-likeness (QED) is 0.421. The lowest BCUT2D eigenvalue weighted by Gasteiger charge is -2.26. The smallest absolute Gasteiger partial charge is 0.259 e. The van der Waals surface area contributed by atoms with E-state index in [1.807, 2.05) is 18.2 Å². The molecule has 0 bridgehead atoms. The van der Waals surface area contributed by atoms with Gasteiger partial charge in [-0.2, -0.15) is 5.26 Å². The number of fused-ring (bicyclic) bond motifs is 1. The highest BCUT2D eigenvalue weighted by molar-refractivity contribution is 7.16. The number of hydrogen-bond donors (Lipinski definition) is 2. The molecule has 6 nitrogen and oxygen atoms in total. The van der Waals surface area contributed by atoms with Crippen molar-refractivity contribution in [2.45, 2.75) is 6.92 Å². The average Bonchev–Trinajstić information content (AvgIpc) is 3.30. The number of rotatable bonds is 7. The number of nitrogens with one attached hydrogen (secondary N) is 1. The molecule has 0 aliphatic carbocycles. The molecule has 1 aromatic heterocycles. The number of nitrogens with zero attached hydrogens (tertiary/aromatic N) is 2. The fourth-order valence-electron chi connectivity index (χ4n) is 3.83. The number of hydrogen-bond acceptors (Lipinski definition) is 6. The Morgan fingerprint density at radius 3 is 2.66 bits per heavy atom. The Morgan fingerprint density at radius 2 is 1.91 bits per heavy atom. The maximum absolute atomic E-state index is 11.5. The normalized spacial score (nSPS) is 15.2. The second-order valence-electron chi connectivity index (χ2n) is 7.80. The number of carbonyl (C=O) groups is 1. The van der Waals surface area contributed by atoms with Gasteiger partial charge in [-0.05, 0) is 59.2 Å². The number of anilines is 1. The Kier molecular flexibility index (Phi) is 6.86. The monoisotopic (exact) mass is 446 g/mol. The zero-order chi connectivity index (χ0) is 22.5. The minimum absolute atomic E-state index is 0.00515. The SMILES string of the molecule is C/C(=C(/C#N)C(N)=O)c1ccc(-c2ccc3cc(NCCN4CCOCC4)ccc3c2)s1. The van der Waals surface area contributed by atoms with E-state index in [2.05, 4.69) is 46.6 Å². The van der Waals surface area contributed by atoms with Crippen molar-refractivity contribution in [2.75, 3.05) is 44.7 Å². The molecule has 1 saturated heterocycles. The molecule has 2 aromatic carbocycles. The number of amides is 1. The van der Waals surface area contributed by atoms with Crippen molar-refractivity contribution in [3.05, 3.63) is 59.0 Å². The van der Waals surface area contributed by atoms with Gasteiger partial charge in [0.1, 0.15) is 11.6 Å². The van der Waals surface area contributed by atoms with Crippen molar-refractivity contribution in [1.29, 1.82) is 5.26 Å². The zero-order valence-electron chi connectivity index (χ0n) is 18.1. The van der Waals surface area contributed by atoms with Crippen LogP contribution in [-0.2, 0) is 9.53 Å². The highest BCUT2D eigenvalue weighted by Crippen LogP contribution is 2.34. The number of thiophene rings is 1. The van der Waals surface area contributed by atoms with Crippen LogP contribution in [0.4, 0.5) is 5.69 Å². The van der Waals surface area contributed by atoms with E-state index in [4.69, 9.17) is 10.5 Å². The van der Waals surface area contributed by atoms with Crippen LogP contribution < -0.4 is 11.1 Å². The number of ether oxygens (including phenoxy) is 1. The Bertz CT molecular complexity index is 1200. The molecular formula is C25H26N4O2S. The van der Waals surface area contributed by atoms with Gasteiger partial charge < -0.3 is 15.8 Å². The van der Waals surface area contributed by atoms with Crippen molar-refractivity contribution >= 4 is 39.3 Å². The number of nitriles is 1. The van der Waals surface area contributed by atoms with Crippen molar-refractivity contribution in [2.24, 2.45) is 5.73 Å².